The molecule has 0 spiro atoms. The van der Waals surface area contributed by atoms with Crippen molar-refractivity contribution in [1.29, 1.82) is 0 Å². The highest BCUT2D eigenvalue weighted by molar-refractivity contribution is 5.93. The van der Waals surface area contributed by atoms with Gasteiger partial charge in [-0.15, -0.1) is 0 Å². The van der Waals surface area contributed by atoms with Crippen LogP contribution in [0.3, 0.4) is 0 Å². The van der Waals surface area contributed by atoms with Crippen LogP contribution in [0.4, 0.5) is 20.3 Å². The van der Waals surface area contributed by atoms with Crippen molar-refractivity contribution in [3.63, 3.8) is 0 Å². The third-order valence-electron chi connectivity index (χ3n) is 1.69. The van der Waals surface area contributed by atoms with Crippen LogP contribution in [0, 0.1) is 10.1 Å². The lowest BCUT2D eigenvalue weighted by molar-refractivity contribution is -0.386. The van der Waals surface area contributed by atoms with Crippen LogP contribution in [0.15, 0.2) is 6.07 Å². The number of carboxylic acid groups (broad SMARTS) is 1. The summed E-state index contributed by atoms with van der Waals surface area (Å²) in [5.41, 5.74) is 2.18. The molecule has 0 amide bonds. The first-order chi connectivity index (χ1) is 7.34. The maximum absolute atomic E-state index is 12.3. The molecule has 1 heterocycles. The Labute approximate surface area is 86.7 Å². The van der Waals surface area contributed by atoms with Crippen LogP contribution in [-0.4, -0.2) is 21.0 Å². The third kappa shape index (κ3) is 2.02. The third-order valence-corrected chi connectivity index (χ3v) is 1.69. The van der Waals surface area contributed by atoms with Crippen LogP contribution < -0.4 is 5.73 Å². The first-order valence-corrected chi connectivity index (χ1v) is 3.80. The van der Waals surface area contributed by atoms with E-state index in [-0.39, 0.29) is 0 Å². The number of halogens is 2. The van der Waals surface area contributed by atoms with Crippen molar-refractivity contribution in [2.24, 2.45) is 0 Å². The molecule has 3 N–H and O–H groups in total. The molecule has 1 rings (SSSR count). The Balaban J connectivity index is 3.49. The van der Waals surface area contributed by atoms with Gasteiger partial charge in [-0.1, -0.05) is 0 Å². The van der Waals surface area contributed by atoms with E-state index in [0.717, 1.165) is 0 Å². The summed E-state index contributed by atoms with van der Waals surface area (Å²) in [6.07, 6.45) is -3.20. The van der Waals surface area contributed by atoms with Gasteiger partial charge in [-0.2, -0.15) is 0 Å². The molecule has 0 fully saturated rings. The number of carbonyl (C=O) groups is 1. The molecule has 1 aromatic rings. The predicted octanol–water partition coefficient (Wildman–Crippen LogP) is 1.21. The van der Waals surface area contributed by atoms with Crippen molar-refractivity contribution >= 4 is 17.5 Å². The lowest BCUT2D eigenvalue weighted by atomic mass is 10.2. The zero-order chi connectivity index (χ0) is 12.5. The van der Waals surface area contributed by atoms with Crippen LogP contribution in [0.1, 0.15) is 22.5 Å². The van der Waals surface area contributed by atoms with E-state index in [9.17, 15) is 23.7 Å². The van der Waals surface area contributed by atoms with Gasteiger partial charge in [-0.25, -0.2) is 18.6 Å². The average molecular weight is 233 g/mol. The number of rotatable bonds is 3. The number of pyridine rings is 1. The number of nitrogen functional groups attached to an aromatic ring is 1. The minimum Gasteiger partial charge on any atom is -0.478 e. The standard InChI is InChI=1S/C7H5F2N3O4/c8-5(9)4-3(12(15)16)1-2(7(13)14)6(10)11-4/h1,5H,(H2,10,11)(H,13,14). The Morgan fingerprint density at radius 2 is 2.19 bits per heavy atom. The van der Waals surface area contributed by atoms with Gasteiger partial charge < -0.3 is 10.8 Å². The molecule has 0 atom stereocenters. The van der Waals surface area contributed by atoms with E-state index in [1.807, 2.05) is 0 Å². The number of hydrogen-bond donors (Lipinski definition) is 2. The van der Waals surface area contributed by atoms with E-state index in [0.29, 0.717) is 6.07 Å². The number of aromatic carboxylic acids is 1. The predicted molar refractivity (Wildman–Crippen MR) is 47.2 cm³/mol. The number of nitrogens with two attached hydrogens (primary N) is 1. The molecule has 0 aromatic carbocycles. The number of hydrogen-bond acceptors (Lipinski definition) is 5. The summed E-state index contributed by atoms with van der Waals surface area (Å²) in [4.78, 5) is 22.8. The number of nitro groups is 1. The molecule has 7 nitrogen and oxygen atoms in total. The highest BCUT2D eigenvalue weighted by Gasteiger charge is 2.27. The second-order valence-electron chi connectivity index (χ2n) is 2.69. The molecular formula is C7H5F2N3O4. The van der Waals surface area contributed by atoms with E-state index in [1.54, 1.807) is 0 Å². The Morgan fingerprint density at radius 1 is 1.62 bits per heavy atom. The molecule has 0 aliphatic carbocycles. The van der Waals surface area contributed by atoms with Gasteiger partial charge in [-0.05, 0) is 0 Å². The molecular weight excluding hydrogens is 228 g/mol. The molecule has 9 heteroatoms. The fourth-order valence-electron chi connectivity index (χ4n) is 1.01. The summed E-state index contributed by atoms with van der Waals surface area (Å²) in [5, 5.41) is 19.0. The summed E-state index contributed by atoms with van der Waals surface area (Å²) in [7, 11) is 0. The van der Waals surface area contributed by atoms with Crippen molar-refractivity contribution in [3.8, 4) is 0 Å². The van der Waals surface area contributed by atoms with Crippen molar-refractivity contribution in [1.82, 2.24) is 4.98 Å². The van der Waals surface area contributed by atoms with E-state index < -0.39 is 40.1 Å². The Bertz CT molecular complexity index is 463. The number of aromatic nitrogens is 1. The zero-order valence-corrected chi connectivity index (χ0v) is 7.55. The summed E-state index contributed by atoms with van der Waals surface area (Å²) in [6.45, 7) is 0. The van der Waals surface area contributed by atoms with Gasteiger partial charge in [0.1, 0.15) is 11.4 Å². The van der Waals surface area contributed by atoms with E-state index in [1.165, 1.54) is 0 Å². The second kappa shape index (κ2) is 4.04. The zero-order valence-electron chi connectivity index (χ0n) is 7.55. The fraction of sp³-hybridized carbons (Fsp3) is 0.143. The minimum absolute atomic E-state index is 0.464. The average Bonchev–Trinajstić information content (AvgIpc) is 2.15. The van der Waals surface area contributed by atoms with Gasteiger partial charge in [-0.3, -0.25) is 10.1 Å². The molecule has 0 aliphatic heterocycles. The largest absolute Gasteiger partial charge is 0.478 e. The van der Waals surface area contributed by atoms with Gasteiger partial charge in [0.2, 0.25) is 0 Å². The number of nitrogens with zero attached hydrogens (tertiary/aromatic N) is 2. The van der Waals surface area contributed by atoms with Gasteiger partial charge in [0.15, 0.2) is 5.69 Å². The molecule has 0 unspecified atom stereocenters. The van der Waals surface area contributed by atoms with Crippen LogP contribution in [0.25, 0.3) is 0 Å². The van der Waals surface area contributed by atoms with Crippen molar-refractivity contribution in [2.75, 3.05) is 5.73 Å². The highest BCUT2D eigenvalue weighted by atomic mass is 19.3. The summed E-state index contributed by atoms with van der Waals surface area (Å²) in [6, 6.07) is 0.464. The highest BCUT2D eigenvalue weighted by Crippen LogP contribution is 2.29. The second-order valence-corrected chi connectivity index (χ2v) is 2.69. The van der Waals surface area contributed by atoms with E-state index in [4.69, 9.17) is 10.8 Å². The quantitative estimate of drug-likeness (QED) is 0.598. The lowest BCUT2D eigenvalue weighted by Gasteiger charge is -2.04. The number of carboxylic acids is 1. The number of anilines is 1. The minimum atomic E-state index is -3.20. The SMILES string of the molecule is Nc1nc(C(F)F)c([N+](=O)[O-])cc1C(=O)O. The molecule has 0 radical (unpaired) electrons. The van der Waals surface area contributed by atoms with Gasteiger partial charge in [0, 0.05) is 6.07 Å². The Hall–Kier alpha value is -2.32. The fourth-order valence-corrected chi connectivity index (χ4v) is 1.01. The summed E-state index contributed by atoms with van der Waals surface area (Å²) in [5.74, 6) is -2.26. The smallest absolute Gasteiger partial charge is 0.339 e. The molecule has 0 saturated carbocycles. The molecule has 1 aromatic heterocycles. The lowest BCUT2D eigenvalue weighted by Crippen LogP contribution is -2.09. The van der Waals surface area contributed by atoms with Gasteiger partial charge >= 0.3 is 5.97 Å². The molecule has 86 valence electrons. The van der Waals surface area contributed by atoms with Gasteiger partial charge in [0.25, 0.3) is 12.1 Å². The molecule has 0 aliphatic rings. The summed E-state index contributed by atoms with van der Waals surface area (Å²) < 4.78 is 24.7. The van der Waals surface area contributed by atoms with Crippen LogP contribution in [-0.2, 0) is 0 Å². The number of alkyl halides is 2. The van der Waals surface area contributed by atoms with Crippen molar-refractivity contribution in [2.45, 2.75) is 6.43 Å². The maximum atomic E-state index is 12.3. The Morgan fingerprint density at radius 3 is 2.56 bits per heavy atom. The Kier molecular flexibility index (Phi) is 2.97. The van der Waals surface area contributed by atoms with E-state index >= 15 is 0 Å². The normalized spacial score (nSPS) is 10.4. The van der Waals surface area contributed by atoms with Crippen LogP contribution in [0.2, 0.25) is 0 Å². The van der Waals surface area contributed by atoms with Crippen molar-refractivity contribution in [3.05, 3.63) is 27.4 Å². The maximum Gasteiger partial charge on any atom is 0.339 e. The van der Waals surface area contributed by atoms with Gasteiger partial charge in [0.05, 0.1) is 4.92 Å². The van der Waals surface area contributed by atoms with Crippen LogP contribution in [0.5, 0.6) is 0 Å². The van der Waals surface area contributed by atoms with E-state index in [2.05, 4.69) is 4.98 Å². The first kappa shape index (κ1) is 11.8. The monoisotopic (exact) mass is 233 g/mol. The summed E-state index contributed by atoms with van der Waals surface area (Å²) >= 11 is 0. The topological polar surface area (TPSA) is 119 Å². The molecule has 16 heavy (non-hydrogen) atoms. The first-order valence-electron chi connectivity index (χ1n) is 3.80. The van der Waals surface area contributed by atoms with Crippen LogP contribution >= 0.6 is 0 Å². The van der Waals surface area contributed by atoms with Crippen molar-refractivity contribution < 1.29 is 23.6 Å². The molecule has 0 saturated heterocycles. The molecule has 0 bridgehead atoms.